The standard InChI is InChI=1S/C21H21BrN2O2/c1-4-14(2)26-20-11-10-16(13-19(20)22)12-18-15(3)23-24(21(18)25)17-8-6-5-7-9-17/h5-14H,4H2,1-3H3/b18-12-/t14-/m1/s1. The van der Waals surface area contributed by atoms with Crippen LogP contribution in [0, 0.1) is 0 Å². The topological polar surface area (TPSA) is 41.9 Å². The number of nitrogens with zero attached hydrogens (tertiary/aromatic N) is 2. The zero-order valence-corrected chi connectivity index (χ0v) is 16.7. The molecule has 2 aromatic carbocycles. The van der Waals surface area contributed by atoms with Gasteiger partial charge in [0.05, 0.1) is 27.5 Å². The Morgan fingerprint density at radius 2 is 1.96 bits per heavy atom. The molecule has 0 N–H and O–H groups in total. The van der Waals surface area contributed by atoms with Crippen LogP contribution in [0.2, 0.25) is 0 Å². The molecule has 5 heteroatoms. The molecule has 1 atom stereocenters. The summed E-state index contributed by atoms with van der Waals surface area (Å²) in [5.41, 5.74) is 2.98. The van der Waals surface area contributed by atoms with Gasteiger partial charge < -0.3 is 4.74 Å². The lowest BCUT2D eigenvalue weighted by molar-refractivity contribution is -0.114. The molecule has 1 aliphatic heterocycles. The number of hydrazone groups is 1. The second-order valence-electron chi connectivity index (χ2n) is 6.22. The summed E-state index contributed by atoms with van der Waals surface area (Å²) in [4.78, 5) is 12.8. The van der Waals surface area contributed by atoms with Crippen molar-refractivity contribution in [3.05, 3.63) is 64.1 Å². The minimum atomic E-state index is -0.121. The summed E-state index contributed by atoms with van der Waals surface area (Å²) in [6, 6.07) is 15.3. The van der Waals surface area contributed by atoms with Crippen LogP contribution in [0.25, 0.3) is 6.08 Å². The first kappa shape index (κ1) is 18.4. The average Bonchev–Trinajstić information content (AvgIpc) is 2.92. The molecular weight excluding hydrogens is 392 g/mol. The van der Waals surface area contributed by atoms with Crippen molar-refractivity contribution in [2.24, 2.45) is 5.10 Å². The fraction of sp³-hybridized carbons (Fsp3) is 0.238. The van der Waals surface area contributed by atoms with Crippen molar-refractivity contribution >= 4 is 39.3 Å². The van der Waals surface area contributed by atoms with Crippen LogP contribution in [0.3, 0.4) is 0 Å². The number of carbonyl (C=O) groups is 1. The van der Waals surface area contributed by atoms with Gasteiger partial charge in [-0.15, -0.1) is 0 Å². The van der Waals surface area contributed by atoms with E-state index in [0.29, 0.717) is 11.3 Å². The van der Waals surface area contributed by atoms with Crippen molar-refractivity contribution in [2.75, 3.05) is 5.01 Å². The Kier molecular flexibility index (Phi) is 5.57. The molecule has 1 heterocycles. The maximum Gasteiger partial charge on any atom is 0.280 e. The fourth-order valence-corrected chi connectivity index (χ4v) is 3.09. The summed E-state index contributed by atoms with van der Waals surface area (Å²) in [6.45, 7) is 5.98. The normalized spacial score (nSPS) is 16.8. The van der Waals surface area contributed by atoms with E-state index in [9.17, 15) is 4.79 Å². The van der Waals surface area contributed by atoms with E-state index < -0.39 is 0 Å². The number of halogens is 1. The van der Waals surface area contributed by atoms with Gasteiger partial charge in [-0.05, 0) is 72.1 Å². The molecule has 0 fully saturated rings. The highest BCUT2D eigenvalue weighted by atomic mass is 79.9. The zero-order chi connectivity index (χ0) is 18.7. The molecule has 4 nitrogen and oxygen atoms in total. The van der Waals surface area contributed by atoms with Crippen molar-refractivity contribution in [2.45, 2.75) is 33.3 Å². The molecule has 134 valence electrons. The number of anilines is 1. The van der Waals surface area contributed by atoms with Gasteiger partial charge in [-0.3, -0.25) is 4.79 Å². The largest absolute Gasteiger partial charge is 0.490 e. The molecule has 2 aromatic rings. The third kappa shape index (κ3) is 3.88. The van der Waals surface area contributed by atoms with Crippen LogP contribution >= 0.6 is 15.9 Å². The number of para-hydroxylation sites is 1. The van der Waals surface area contributed by atoms with Crippen molar-refractivity contribution in [1.82, 2.24) is 0 Å². The molecular formula is C21H21BrN2O2. The lowest BCUT2D eigenvalue weighted by Gasteiger charge is -2.14. The highest BCUT2D eigenvalue weighted by molar-refractivity contribution is 9.10. The first-order chi connectivity index (χ1) is 12.5. The van der Waals surface area contributed by atoms with Crippen LogP contribution in [-0.4, -0.2) is 17.7 Å². The lowest BCUT2D eigenvalue weighted by atomic mass is 10.1. The summed E-state index contributed by atoms with van der Waals surface area (Å²) in [5, 5.41) is 5.84. The first-order valence-corrected chi connectivity index (χ1v) is 9.42. The molecule has 0 saturated heterocycles. The molecule has 1 aliphatic rings. The Morgan fingerprint density at radius 1 is 1.23 bits per heavy atom. The minimum absolute atomic E-state index is 0.121. The van der Waals surface area contributed by atoms with Gasteiger partial charge in [-0.2, -0.15) is 10.1 Å². The van der Waals surface area contributed by atoms with Crippen molar-refractivity contribution in [3.8, 4) is 5.75 Å². The van der Waals surface area contributed by atoms with Gasteiger partial charge in [0, 0.05) is 0 Å². The summed E-state index contributed by atoms with van der Waals surface area (Å²) in [7, 11) is 0. The zero-order valence-electron chi connectivity index (χ0n) is 15.1. The molecule has 0 spiro atoms. The van der Waals surface area contributed by atoms with Gasteiger partial charge in [0.2, 0.25) is 0 Å². The van der Waals surface area contributed by atoms with Crippen LogP contribution in [0.5, 0.6) is 5.75 Å². The Labute approximate surface area is 162 Å². The molecule has 0 aliphatic carbocycles. The van der Waals surface area contributed by atoms with Crippen LogP contribution in [-0.2, 0) is 4.79 Å². The number of carbonyl (C=O) groups excluding carboxylic acids is 1. The van der Waals surface area contributed by atoms with E-state index in [2.05, 4.69) is 28.0 Å². The SMILES string of the molecule is CC[C@@H](C)Oc1ccc(/C=C2\C(=O)N(c3ccccc3)N=C2C)cc1Br. The van der Waals surface area contributed by atoms with Crippen LogP contribution in [0.1, 0.15) is 32.8 Å². The van der Waals surface area contributed by atoms with E-state index in [4.69, 9.17) is 4.74 Å². The minimum Gasteiger partial charge on any atom is -0.490 e. The maximum atomic E-state index is 12.8. The van der Waals surface area contributed by atoms with Crippen LogP contribution in [0.4, 0.5) is 5.69 Å². The Hall–Kier alpha value is -2.40. The van der Waals surface area contributed by atoms with E-state index in [0.717, 1.165) is 27.9 Å². The molecule has 3 rings (SSSR count). The van der Waals surface area contributed by atoms with Gasteiger partial charge in [0.25, 0.3) is 5.91 Å². The number of amides is 1. The Balaban J connectivity index is 1.85. The number of hydrogen-bond acceptors (Lipinski definition) is 3. The monoisotopic (exact) mass is 412 g/mol. The van der Waals surface area contributed by atoms with Crippen molar-refractivity contribution in [1.29, 1.82) is 0 Å². The predicted molar refractivity (Wildman–Crippen MR) is 110 cm³/mol. The molecule has 26 heavy (non-hydrogen) atoms. The summed E-state index contributed by atoms with van der Waals surface area (Å²) in [6.07, 6.45) is 2.96. The van der Waals surface area contributed by atoms with Gasteiger partial charge in [-0.25, -0.2) is 0 Å². The fourth-order valence-electron chi connectivity index (χ4n) is 2.60. The third-order valence-electron chi connectivity index (χ3n) is 4.23. The second-order valence-corrected chi connectivity index (χ2v) is 7.08. The quantitative estimate of drug-likeness (QED) is 0.614. The Morgan fingerprint density at radius 3 is 2.62 bits per heavy atom. The highest BCUT2D eigenvalue weighted by Gasteiger charge is 2.28. The smallest absolute Gasteiger partial charge is 0.280 e. The third-order valence-corrected chi connectivity index (χ3v) is 4.85. The second kappa shape index (κ2) is 7.87. The van der Waals surface area contributed by atoms with Gasteiger partial charge in [-0.1, -0.05) is 31.2 Å². The first-order valence-electron chi connectivity index (χ1n) is 8.62. The molecule has 1 amide bonds. The van der Waals surface area contributed by atoms with Crippen molar-refractivity contribution < 1.29 is 9.53 Å². The molecule has 0 radical (unpaired) electrons. The predicted octanol–water partition coefficient (Wildman–Crippen LogP) is 5.43. The summed E-state index contributed by atoms with van der Waals surface area (Å²) in [5.74, 6) is 0.681. The van der Waals surface area contributed by atoms with Gasteiger partial charge >= 0.3 is 0 Å². The molecule has 0 aromatic heterocycles. The highest BCUT2D eigenvalue weighted by Crippen LogP contribution is 2.30. The van der Waals surface area contributed by atoms with E-state index >= 15 is 0 Å². The summed E-state index contributed by atoms with van der Waals surface area (Å²) >= 11 is 3.55. The van der Waals surface area contributed by atoms with E-state index in [1.54, 1.807) is 0 Å². The average molecular weight is 413 g/mol. The maximum absolute atomic E-state index is 12.8. The lowest BCUT2D eigenvalue weighted by Crippen LogP contribution is -2.21. The van der Waals surface area contributed by atoms with Crippen molar-refractivity contribution in [3.63, 3.8) is 0 Å². The number of rotatable bonds is 5. The number of ether oxygens (including phenoxy) is 1. The van der Waals surface area contributed by atoms with E-state index in [1.807, 2.05) is 68.5 Å². The number of benzene rings is 2. The Bertz CT molecular complexity index is 875. The van der Waals surface area contributed by atoms with Gasteiger partial charge in [0.15, 0.2) is 0 Å². The van der Waals surface area contributed by atoms with Gasteiger partial charge in [0.1, 0.15) is 5.75 Å². The van der Waals surface area contributed by atoms with E-state index in [1.165, 1.54) is 5.01 Å². The molecule has 0 unspecified atom stereocenters. The summed E-state index contributed by atoms with van der Waals surface area (Å²) < 4.78 is 6.74. The molecule has 0 saturated carbocycles. The number of hydrogen-bond donors (Lipinski definition) is 0. The van der Waals surface area contributed by atoms with E-state index in [-0.39, 0.29) is 12.0 Å². The molecule has 0 bridgehead atoms. The van der Waals surface area contributed by atoms with Crippen LogP contribution < -0.4 is 9.75 Å². The van der Waals surface area contributed by atoms with Crippen LogP contribution in [0.15, 0.2) is 63.7 Å².